The Morgan fingerprint density at radius 1 is 1.50 bits per heavy atom. The standard InChI is InChI=1S/C10H13BrN2O2S/c1-16(14,15)13(7-8-2-3-8)10-4-9(11)5-12-6-10/h4-6,8H,2-3,7H2,1H3. The molecule has 4 nitrogen and oxygen atoms in total. The van der Waals surface area contributed by atoms with E-state index in [1.165, 1.54) is 10.6 Å². The summed E-state index contributed by atoms with van der Waals surface area (Å²) in [7, 11) is -3.22. The van der Waals surface area contributed by atoms with Gasteiger partial charge in [-0.3, -0.25) is 9.29 Å². The first-order valence-electron chi connectivity index (χ1n) is 5.05. The first-order valence-corrected chi connectivity index (χ1v) is 7.69. The molecule has 1 aliphatic rings. The van der Waals surface area contributed by atoms with Crippen LogP contribution in [0.4, 0.5) is 5.69 Å². The minimum absolute atomic E-state index is 0.508. The highest BCUT2D eigenvalue weighted by Gasteiger charge is 2.28. The summed E-state index contributed by atoms with van der Waals surface area (Å²) in [4.78, 5) is 3.99. The quantitative estimate of drug-likeness (QED) is 0.855. The van der Waals surface area contributed by atoms with Crippen LogP contribution in [-0.4, -0.2) is 26.2 Å². The van der Waals surface area contributed by atoms with Gasteiger partial charge in [-0.15, -0.1) is 0 Å². The number of halogens is 1. The van der Waals surface area contributed by atoms with E-state index in [4.69, 9.17) is 0 Å². The molecule has 0 unspecified atom stereocenters. The summed E-state index contributed by atoms with van der Waals surface area (Å²) in [6.45, 7) is 0.566. The van der Waals surface area contributed by atoms with Crippen LogP contribution in [0.5, 0.6) is 0 Å². The summed E-state index contributed by atoms with van der Waals surface area (Å²) < 4.78 is 25.6. The van der Waals surface area contributed by atoms with Crippen molar-refractivity contribution in [1.82, 2.24) is 4.98 Å². The van der Waals surface area contributed by atoms with Gasteiger partial charge in [0.15, 0.2) is 0 Å². The molecule has 1 heterocycles. The van der Waals surface area contributed by atoms with Crippen LogP contribution in [0.3, 0.4) is 0 Å². The topological polar surface area (TPSA) is 50.3 Å². The zero-order valence-electron chi connectivity index (χ0n) is 8.93. The maximum Gasteiger partial charge on any atom is 0.232 e. The fraction of sp³-hybridized carbons (Fsp3) is 0.500. The average Bonchev–Trinajstić information content (AvgIpc) is 2.95. The normalized spacial score (nSPS) is 16.1. The molecule has 88 valence electrons. The van der Waals surface area contributed by atoms with E-state index in [2.05, 4.69) is 20.9 Å². The van der Waals surface area contributed by atoms with Gasteiger partial charge in [0.1, 0.15) is 0 Å². The van der Waals surface area contributed by atoms with E-state index < -0.39 is 10.0 Å². The Hall–Kier alpha value is -0.620. The van der Waals surface area contributed by atoms with Crippen molar-refractivity contribution in [3.63, 3.8) is 0 Å². The van der Waals surface area contributed by atoms with E-state index in [1.54, 1.807) is 18.5 Å². The summed E-state index contributed by atoms with van der Waals surface area (Å²) >= 11 is 3.30. The molecule has 0 atom stereocenters. The van der Waals surface area contributed by atoms with Crippen molar-refractivity contribution in [2.24, 2.45) is 5.92 Å². The van der Waals surface area contributed by atoms with Crippen LogP contribution < -0.4 is 4.31 Å². The first-order chi connectivity index (χ1) is 7.47. The molecular weight excluding hydrogens is 292 g/mol. The molecule has 0 amide bonds. The van der Waals surface area contributed by atoms with Crippen molar-refractivity contribution in [3.05, 3.63) is 22.9 Å². The lowest BCUT2D eigenvalue weighted by Gasteiger charge is -2.21. The van der Waals surface area contributed by atoms with Gasteiger partial charge in [0.05, 0.1) is 18.1 Å². The molecule has 1 fully saturated rings. The molecule has 0 aliphatic heterocycles. The molecule has 0 bridgehead atoms. The zero-order valence-corrected chi connectivity index (χ0v) is 11.3. The number of rotatable bonds is 4. The number of hydrogen-bond donors (Lipinski definition) is 0. The van der Waals surface area contributed by atoms with E-state index in [9.17, 15) is 8.42 Å². The fourth-order valence-electron chi connectivity index (χ4n) is 1.50. The molecule has 0 saturated heterocycles. The number of pyridine rings is 1. The van der Waals surface area contributed by atoms with Crippen LogP contribution in [0.25, 0.3) is 0 Å². The highest BCUT2D eigenvalue weighted by Crippen LogP contribution is 2.32. The Bertz CT molecular complexity index is 485. The van der Waals surface area contributed by atoms with Crippen molar-refractivity contribution in [3.8, 4) is 0 Å². The van der Waals surface area contributed by atoms with Gasteiger partial charge in [-0.25, -0.2) is 8.42 Å². The highest BCUT2D eigenvalue weighted by molar-refractivity contribution is 9.10. The third kappa shape index (κ3) is 2.95. The van der Waals surface area contributed by atoms with E-state index in [-0.39, 0.29) is 0 Å². The summed E-state index contributed by atoms with van der Waals surface area (Å²) in [5, 5.41) is 0. The van der Waals surface area contributed by atoms with E-state index in [0.717, 1.165) is 17.3 Å². The van der Waals surface area contributed by atoms with E-state index in [0.29, 0.717) is 18.2 Å². The monoisotopic (exact) mass is 304 g/mol. The number of aromatic nitrogens is 1. The Kier molecular flexibility index (Phi) is 3.21. The average molecular weight is 305 g/mol. The van der Waals surface area contributed by atoms with Crippen molar-refractivity contribution in [2.45, 2.75) is 12.8 Å². The second-order valence-electron chi connectivity index (χ2n) is 4.10. The molecule has 2 rings (SSSR count). The van der Waals surface area contributed by atoms with Crippen LogP contribution in [0.2, 0.25) is 0 Å². The summed E-state index contributed by atoms with van der Waals surface area (Å²) in [6.07, 6.45) is 6.69. The largest absolute Gasteiger partial charge is 0.269 e. The number of nitrogens with zero attached hydrogens (tertiary/aromatic N) is 2. The summed E-state index contributed by atoms with van der Waals surface area (Å²) in [6, 6.07) is 1.77. The van der Waals surface area contributed by atoms with Crippen LogP contribution in [0.1, 0.15) is 12.8 Å². The smallest absolute Gasteiger partial charge is 0.232 e. The number of anilines is 1. The molecule has 1 saturated carbocycles. The van der Waals surface area contributed by atoms with Crippen molar-refractivity contribution in [1.29, 1.82) is 0 Å². The highest BCUT2D eigenvalue weighted by atomic mass is 79.9. The predicted molar refractivity (Wildman–Crippen MR) is 66.9 cm³/mol. The van der Waals surface area contributed by atoms with Gasteiger partial charge in [0.25, 0.3) is 0 Å². The maximum atomic E-state index is 11.7. The molecular formula is C10H13BrN2O2S. The van der Waals surface area contributed by atoms with Crippen LogP contribution >= 0.6 is 15.9 Å². The van der Waals surface area contributed by atoms with E-state index in [1.807, 2.05) is 0 Å². The third-order valence-electron chi connectivity index (χ3n) is 2.50. The lowest BCUT2D eigenvalue weighted by molar-refractivity contribution is 0.594. The van der Waals surface area contributed by atoms with Gasteiger partial charge in [-0.1, -0.05) is 0 Å². The van der Waals surface area contributed by atoms with Gasteiger partial charge in [0.2, 0.25) is 10.0 Å². The maximum absolute atomic E-state index is 11.7. The van der Waals surface area contributed by atoms with E-state index >= 15 is 0 Å². The van der Waals surface area contributed by atoms with Gasteiger partial charge in [-0.2, -0.15) is 0 Å². The van der Waals surface area contributed by atoms with Crippen LogP contribution in [0.15, 0.2) is 22.9 Å². The Labute approximate surface area is 104 Å². The number of sulfonamides is 1. The predicted octanol–water partition coefficient (Wildman–Crippen LogP) is 2.02. The minimum atomic E-state index is -3.22. The number of hydrogen-bond acceptors (Lipinski definition) is 3. The SMILES string of the molecule is CS(=O)(=O)N(CC1CC1)c1cncc(Br)c1. The van der Waals surface area contributed by atoms with Crippen LogP contribution in [0, 0.1) is 5.92 Å². The Balaban J connectivity index is 2.30. The lowest BCUT2D eigenvalue weighted by atomic mass is 10.3. The Morgan fingerprint density at radius 2 is 2.19 bits per heavy atom. The molecule has 1 aromatic heterocycles. The van der Waals surface area contributed by atoms with Gasteiger partial charge < -0.3 is 0 Å². The molecule has 1 aliphatic carbocycles. The molecule has 6 heteroatoms. The molecule has 16 heavy (non-hydrogen) atoms. The van der Waals surface area contributed by atoms with Gasteiger partial charge >= 0.3 is 0 Å². The van der Waals surface area contributed by atoms with Crippen LogP contribution in [-0.2, 0) is 10.0 Å². The lowest BCUT2D eigenvalue weighted by Crippen LogP contribution is -2.31. The molecule has 0 spiro atoms. The van der Waals surface area contributed by atoms with Crippen molar-refractivity contribution in [2.75, 3.05) is 17.1 Å². The Morgan fingerprint density at radius 3 is 2.69 bits per heavy atom. The first kappa shape index (κ1) is 11.9. The summed E-state index contributed by atoms with van der Waals surface area (Å²) in [5.74, 6) is 0.508. The fourth-order valence-corrected chi connectivity index (χ4v) is 2.82. The summed E-state index contributed by atoms with van der Waals surface area (Å²) in [5.41, 5.74) is 0.628. The molecule has 0 N–H and O–H groups in total. The second-order valence-corrected chi connectivity index (χ2v) is 6.92. The van der Waals surface area contributed by atoms with Crippen molar-refractivity contribution < 1.29 is 8.42 Å². The second kappa shape index (κ2) is 4.33. The van der Waals surface area contributed by atoms with Crippen molar-refractivity contribution >= 4 is 31.6 Å². The molecule has 0 radical (unpaired) electrons. The van der Waals surface area contributed by atoms with Gasteiger partial charge in [-0.05, 0) is 40.8 Å². The minimum Gasteiger partial charge on any atom is -0.269 e. The van der Waals surface area contributed by atoms with Gasteiger partial charge in [0, 0.05) is 17.2 Å². The molecule has 1 aromatic rings. The molecule has 0 aromatic carbocycles. The zero-order chi connectivity index (χ0) is 11.8. The third-order valence-corrected chi connectivity index (χ3v) is 4.09.